The number of carbonyl (C=O) groups is 1. The molecule has 0 spiro atoms. The fourth-order valence-corrected chi connectivity index (χ4v) is 1.24. The largest absolute Gasteiger partial charge is 0.371 e. The van der Waals surface area contributed by atoms with Crippen LogP contribution in [-0.4, -0.2) is 24.0 Å². The number of hydrogen-bond donors (Lipinski definition) is 2. The number of nitrogens with zero attached hydrogens (tertiary/aromatic N) is 1. The molecule has 1 aromatic rings. The standard InChI is InChI=1S/C12H15N3O/c1-4-9(5-2)15-10-6-7-14-11(8-10)12(16)13-3/h1,6-9H,5H2,2-3H3,(H,13,16)(H,14,15). The quantitative estimate of drug-likeness (QED) is 0.747. The Morgan fingerprint density at radius 3 is 3.00 bits per heavy atom. The van der Waals surface area contributed by atoms with Crippen molar-refractivity contribution in [3.63, 3.8) is 0 Å². The van der Waals surface area contributed by atoms with E-state index in [1.54, 1.807) is 25.4 Å². The Kier molecular flexibility index (Phi) is 4.34. The molecule has 4 nitrogen and oxygen atoms in total. The number of terminal acetylenes is 1. The number of aromatic nitrogens is 1. The van der Waals surface area contributed by atoms with Crippen molar-refractivity contribution >= 4 is 11.6 Å². The fraction of sp³-hybridized carbons (Fsp3) is 0.333. The molecule has 1 rings (SSSR count). The smallest absolute Gasteiger partial charge is 0.269 e. The second kappa shape index (κ2) is 5.76. The zero-order chi connectivity index (χ0) is 12.0. The van der Waals surface area contributed by atoms with E-state index in [9.17, 15) is 4.79 Å². The number of anilines is 1. The highest BCUT2D eigenvalue weighted by atomic mass is 16.1. The van der Waals surface area contributed by atoms with Crippen LogP contribution < -0.4 is 10.6 Å². The molecular formula is C12H15N3O. The molecule has 0 aromatic carbocycles. The first-order valence-corrected chi connectivity index (χ1v) is 5.12. The predicted molar refractivity (Wildman–Crippen MR) is 64.2 cm³/mol. The summed E-state index contributed by atoms with van der Waals surface area (Å²) >= 11 is 0. The van der Waals surface area contributed by atoms with Gasteiger partial charge >= 0.3 is 0 Å². The highest BCUT2D eigenvalue weighted by Gasteiger charge is 2.07. The van der Waals surface area contributed by atoms with E-state index >= 15 is 0 Å². The SMILES string of the molecule is C#CC(CC)Nc1ccnc(C(=O)NC)c1. The fourth-order valence-electron chi connectivity index (χ4n) is 1.24. The van der Waals surface area contributed by atoms with E-state index in [0.29, 0.717) is 5.69 Å². The molecule has 2 N–H and O–H groups in total. The average Bonchev–Trinajstić information content (AvgIpc) is 2.35. The van der Waals surface area contributed by atoms with Crippen LogP contribution in [0.25, 0.3) is 0 Å². The maximum atomic E-state index is 11.3. The van der Waals surface area contributed by atoms with Crippen molar-refractivity contribution in [3.8, 4) is 12.3 Å². The first-order chi connectivity index (χ1) is 7.71. The van der Waals surface area contributed by atoms with E-state index in [4.69, 9.17) is 6.42 Å². The summed E-state index contributed by atoms with van der Waals surface area (Å²) in [6.07, 6.45) is 7.75. The van der Waals surface area contributed by atoms with E-state index in [-0.39, 0.29) is 11.9 Å². The van der Waals surface area contributed by atoms with Crippen LogP contribution >= 0.6 is 0 Å². The van der Waals surface area contributed by atoms with Gasteiger partial charge in [-0.2, -0.15) is 0 Å². The van der Waals surface area contributed by atoms with Gasteiger partial charge < -0.3 is 10.6 Å². The van der Waals surface area contributed by atoms with Gasteiger partial charge in [0.25, 0.3) is 5.91 Å². The third-order valence-corrected chi connectivity index (χ3v) is 2.17. The third kappa shape index (κ3) is 2.99. The minimum atomic E-state index is -0.211. The summed E-state index contributed by atoms with van der Waals surface area (Å²) in [5, 5.41) is 5.66. The first kappa shape index (κ1) is 12.1. The maximum Gasteiger partial charge on any atom is 0.269 e. The average molecular weight is 217 g/mol. The van der Waals surface area contributed by atoms with Crippen molar-refractivity contribution in [1.29, 1.82) is 0 Å². The third-order valence-electron chi connectivity index (χ3n) is 2.17. The van der Waals surface area contributed by atoms with Gasteiger partial charge in [0.15, 0.2) is 0 Å². The molecule has 0 radical (unpaired) electrons. The topological polar surface area (TPSA) is 54.0 Å². The Morgan fingerprint density at radius 2 is 2.44 bits per heavy atom. The highest BCUT2D eigenvalue weighted by Crippen LogP contribution is 2.10. The van der Waals surface area contributed by atoms with Crippen molar-refractivity contribution < 1.29 is 4.79 Å². The molecule has 1 atom stereocenters. The molecule has 1 unspecified atom stereocenters. The van der Waals surface area contributed by atoms with Crippen LogP contribution in [0.3, 0.4) is 0 Å². The van der Waals surface area contributed by atoms with E-state index < -0.39 is 0 Å². The van der Waals surface area contributed by atoms with Crippen LogP contribution in [0.5, 0.6) is 0 Å². The van der Waals surface area contributed by atoms with Crippen LogP contribution in [0, 0.1) is 12.3 Å². The molecule has 0 bridgehead atoms. The number of nitrogens with one attached hydrogen (secondary N) is 2. The molecule has 0 fully saturated rings. The van der Waals surface area contributed by atoms with Crippen molar-refractivity contribution in [2.24, 2.45) is 0 Å². The van der Waals surface area contributed by atoms with Gasteiger partial charge in [0.1, 0.15) is 5.69 Å². The van der Waals surface area contributed by atoms with Crippen LogP contribution in [0.4, 0.5) is 5.69 Å². The number of carbonyl (C=O) groups excluding carboxylic acids is 1. The van der Waals surface area contributed by atoms with E-state index in [1.807, 2.05) is 6.92 Å². The molecule has 1 aromatic heterocycles. The summed E-state index contributed by atoms with van der Waals surface area (Å²) in [4.78, 5) is 15.3. The van der Waals surface area contributed by atoms with Crippen molar-refractivity contribution in [1.82, 2.24) is 10.3 Å². The van der Waals surface area contributed by atoms with Gasteiger partial charge in [-0.1, -0.05) is 12.8 Å². The number of amides is 1. The van der Waals surface area contributed by atoms with Gasteiger partial charge in [-0.15, -0.1) is 6.42 Å². The number of pyridine rings is 1. The molecule has 1 heterocycles. The van der Waals surface area contributed by atoms with Crippen LogP contribution in [-0.2, 0) is 0 Å². The molecule has 0 saturated carbocycles. The molecule has 0 aliphatic rings. The second-order valence-electron chi connectivity index (χ2n) is 3.28. The van der Waals surface area contributed by atoms with Crippen molar-refractivity contribution in [2.45, 2.75) is 19.4 Å². The minimum Gasteiger partial charge on any atom is -0.371 e. The minimum absolute atomic E-state index is 0.0278. The van der Waals surface area contributed by atoms with E-state index in [1.165, 1.54) is 0 Å². The lowest BCUT2D eigenvalue weighted by molar-refractivity contribution is 0.0958. The molecule has 0 saturated heterocycles. The lowest BCUT2D eigenvalue weighted by Gasteiger charge is -2.12. The molecule has 0 aliphatic heterocycles. The molecule has 84 valence electrons. The van der Waals surface area contributed by atoms with E-state index in [2.05, 4.69) is 21.5 Å². The molecule has 1 amide bonds. The van der Waals surface area contributed by atoms with Crippen molar-refractivity contribution in [3.05, 3.63) is 24.0 Å². The van der Waals surface area contributed by atoms with Gasteiger partial charge in [0.2, 0.25) is 0 Å². The van der Waals surface area contributed by atoms with Crippen molar-refractivity contribution in [2.75, 3.05) is 12.4 Å². The zero-order valence-corrected chi connectivity index (χ0v) is 9.45. The van der Waals surface area contributed by atoms with Gasteiger partial charge in [-0.05, 0) is 18.6 Å². The van der Waals surface area contributed by atoms with Crippen LogP contribution in [0.1, 0.15) is 23.8 Å². The molecule has 4 heteroatoms. The first-order valence-electron chi connectivity index (χ1n) is 5.12. The zero-order valence-electron chi connectivity index (χ0n) is 9.45. The summed E-state index contributed by atoms with van der Waals surface area (Å²) in [6.45, 7) is 2.00. The summed E-state index contributed by atoms with van der Waals surface area (Å²) in [7, 11) is 1.57. The molecule has 16 heavy (non-hydrogen) atoms. The normalized spacial score (nSPS) is 11.3. The Hall–Kier alpha value is -2.02. The van der Waals surface area contributed by atoms with Crippen LogP contribution in [0.15, 0.2) is 18.3 Å². The summed E-state index contributed by atoms with van der Waals surface area (Å²) in [5.41, 5.74) is 1.18. The summed E-state index contributed by atoms with van der Waals surface area (Å²) < 4.78 is 0. The summed E-state index contributed by atoms with van der Waals surface area (Å²) in [6, 6.07) is 3.44. The Labute approximate surface area is 95.5 Å². The molecule has 0 aliphatic carbocycles. The molecular weight excluding hydrogens is 202 g/mol. The monoisotopic (exact) mass is 217 g/mol. The second-order valence-corrected chi connectivity index (χ2v) is 3.28. The lowest BCUT2D eigenvalue weighted by Crippen LogP contribution is -2.20. The van der Waals surface area contributed by atoms with Gasteiger partial charge in [-0.25, -0.2) is 0 Å². The van der Waals surface area contributed by atoms with Gasteiger partial charge in [0, 0.05) is 18.9 Å². The van der Waals surface area contributed by atoms with Gasteiger partial charge in [-0.3, -0.25) is 9.78 Å². The van der Waals surface area contributed by atoms with Crippen LogP contribution in [0.2, 0.25) is 0 Å². The lowest BCUT2D eigenvalue weighted by atomic mass is 10.2. The Bertz CT molecular complexity index is 409. The Balaban J connectivity index is 2.83. The van der Waals surface area contributed by atoms with E-state index in [0.717, 1.165) is 12.1 Å². The Morgan fingerprint density at radius 1 is 1.69 bits per heavy atom. The predicted octanol–water partition coefficient (Wildman–Crippen LogP) is 1.26. The van der Waals surface area contributed by atoms with Gasteiger partial charge in [0.05, 0.1) is 6.04 Å². The number of hydrogen-bond acceptors (Lipinski definition) is 3. The maximum absolute atomic E-state index is 11.3. The highest BCUT2D eigenvalue weighted by molar-refractivity contribution is 5.92. The number of rotatable bonds is 4. The summed E-state index contributed by atoms with van der Waals surface area (Å²) in [5.74, 6) is 2.42.